The standard InChI is InChI=1S/C21H23N3O4S/c1-23(29(26,27)20-9-3-16(13-22)4-10-20)15-21(25)24-12-11-18(14-24)17-5-7-19(28-2)8-6-17/h3-10,18H,11-12,14-15H2,1-2H3. The van der Waals surface area contributed by atoms with Crippen LogP contribution in [0.15, 0.2) is 53.4 Å². The molecule has 1 unspecified atom stereocenters. The molecular formula is C21H23N3O4S. The van der Waals surface area contributed by atoms with Crippen LogP contribution in [0.4, 0.5) is 0 Å². The molecule has 1 amide bonds. The van der Waals surface area contributed by atoms with Gasteiger partial charge < -0.3 is 9.64 Å². The normalized spacial score (nSPS) is 16.6. The molecule has 1 saturated heterocycles. The number of rotatable bonds is 6. The third-order valence-corrected chi connectivity index (χ3v) is 7.00. The third kappa shape index (κ3) is 4.58. The predicted octanol–water partition coefficient (Wildman–Crippen LogP) is 2.20. The average molecular weight is 413 g/mol. The summed E-state index contributed by atoms with van der Waals surface area (Å²) >= 11 is 0. The maximum absolute atomic E-state index is 12.7. The summed E-state index contributed by atoms with van der Waals surface area (Å²) in [5.74, 6) is 0.792. The number of methoxy groups -OCH3 is 1. The topological polar surface area (TPSA) is 90.7 Å². The summed E-state index contributed by atoms with van der Waals surface area (Å²) in [5, 5.41) is 8.84. The molecule has 0 aromatic heterocycles. The van der Waals surface area contributed by atoms with Crippen molar-refractivity contribution in [3.8, 4) is 11.8 Å². The van der Waals surface area contributed by atoms with Gasteiger partial charge in [0, 0.05) is 26.1 Å². The number of hydrogen-bond acceptors (Lipinski definition) is 5. The van der Waals surface area contributed by atoms with Crippen molar-refractivity contribution in [2.45, 2.75) is 17.2 Å². The van der Waals surface area contributed by atoms with Gasteiger partial charge in [-0.3, -0.25) is 4.79 Å². The molecule has 0 bridgehead atoms. The van der Waals surface area contributed by atoms with Gasteiger partial charge in [0.25, 0.3) is 0 Å². The molecular weight excluding hydrogens is 390 g/mol. The highest BCUT2D eigenvalue weighted by atomic mass is 32.2. The number of hydrogen-bond donors (Lipinski definition) is 0. The average Bonchev–Trinajstić information content (AvgIpc) is 3.24. The number of nitrogens with zero attached hydrogens (tertiary/aromatic N) is 3. The molecule has 1 aliphatic heterocycles. The molecule has 1 aliphatic rings. The van der Waals surface area contributed by atoms with E-state index >= 15 is 0 Å². The molecule has 7 nitrogen and oxygen atoms in total. The zero-order chi connectivity index (χ0) is 21.0. The maximum Gasteiger partial charge on any atom is 0.243 e. The van der Waals surface area contributed by atoms with Gasteiger partial charge in [0.15, 0.2) is 0 Å². The minimum absolute atomic E-state index is 0.0596. The fourth-order valence-electron chi connectivity index (χ4n) is 3.39. The van der Waals surface area contributed by atoms with Crippen LogP contribution in [0.5, 0.6) is 5.75 Å². The quantitative estimate of drug-likeness (QED) is 0.724. The van der Waals surface area contributed by atoms with E-state index in [1.807, 2.05) is 30.3 Å². The Morgan fingerprint density at radius 2 is 1.86 bits per heavy atom. The Labute approximate surface area is 171 Å². The van der Waals surface area contributed by atoms with Gasteiger partial charge in [0.2, 0.25) is 15.9 Å². The Kier molecular flexibility index (Phi) is 6.20. The van der Waals surface area contributed by atoms with Gasteiger partial charge in [-0.15, -0.1) is 0 Å². The molecule has 1 heterocycles. The van der Waals surface area contributed by atoms with Crippen molar-refractivity contribution in [2.24, 2.45) is 0 Å². The molecule has 29 heavy (non-hydrogen) atoms. The summed E-state index contributed by atoms with van der Waals surface area (Å²) in [6, 6.07) is 15.4. The van der Waals surface area contributed by atoms with Crippen molar-refractivity contribution in [1.82, 2.24) is 9.21 Å². The largest absolute Gasteiger partial charge is 0.497 e. The SMILES string of the molecule is COc1ccc(C2CCN(C(=O)CN(C)S(=O)(=O)c3ccc(C#N)cc3)C2)cc1. The highest BCUT2D eigenvalue weighted by Crippen LogP contribution is 2.28. The number of carbonyl (C=O) groups excluding carboxylic acids is 1. The lowest BCUT2D eigenvalue weighted by Crippen LogP contribution is -2.40. The van der Waals surface area contributed by atoms with Gasteiger partial charge in [-0.2, -0.15) is 9.57 Å². The molecule has 2 aromatic rings. The van der Waals surface area contributed by atoms with Crippen LogP contribution < -0.4 is 4.74 Å². The van der Waals surface area contributed by atoms with Crippen LogP contribution >= 0.6 is 0 Å². The monoisotopic (exact) mass is 413 g/mol. The maximum atomic E-state index is 12.7. The Balaban J connectivity index is 1.62. The molecule has 0 spiro atoms. The molecule has 3 rings (SSSR count). The molecule has 2 aromatic carbocycles. The molecule has 0 aliphatic carbocycles. The van der Waals surface area contributed by atoms with Gasteiger partial charge in [-0.05, 0) is 48.4 Å². The third-order valence-electron chi connectivity index (χ3n) is 5.18. The van der Waals surface area contributed by atoms with Gasteiger partial charge >= 0.3 is 0 Å². The molecule has 8 heteroatoms. The Hall–Kier alpha value is -2.89. The van der Waals surface area contributed by atoms with E-state index in [0.29, 0.717) is 18.7 Å². The highest BCUT2D eigenvalue weighted by Gasteiger charge is 2.30. The van der Waals surface area contributed by atoms with Gasteiger partial charge in [-0.25, -0.2) is 8.42 Å². The number of carbonyl (C=O) groups is 1. The van der Waals surface area contributed by atoms with Crippen LogP contribution in [-0.4, -0.2) is 57.3 Å². The van der Waals surface area contributed by atoms with E-state index in [0.717, 1.165) is 22.0 Å². The zero-order valence-corrected chi connectivity index (χ0v) is 17.2. The van der Waals surface area contributed by atoms with Gasteiger partial charge in [-0.1, -0.05) is 12.1 Å². The molecule has 1 atom stereocenters. The number of likely N-dealkylation sites (tertiary alicyclic amines) is 1. The molecule has 1 fully saturated rings. The van der Waals surface area contributed by atoms with E-state index in [1.165, 1.54) is 31.3 Å². The van der Waals surface area contributed by atoms with Crippen LogP contribution in [0.3, 0.4) is 0 Å². The summed E-state index contributed by atoms with van der Waals surface area (Å²) in [4.78, 5) is 14.4. The van der Waals surface area contributed by atoms with E-state index in [9.17, 15) is 13.2 Å². The predicted molar refractivity (Wildman–Crippen MR) is 108 cm³/mol. The van der Waals surface area contributed by atoms with E-state index in [4.69, 9.17) is 10.00 Å². The number of amides is 1. The first kappa shape index (κ1) is 20.8. The lowest BCUT2D eigenvalue weighted by molar-refractivity contribution is -0.130. The number of sulfonamides is 1. The number of benzene rings is 2. The first-order valence-corrected chi connectivity index (χ1v) is 10.7. The minimum atomic E-state index is -3.80. The van der Waals surface area contributed by atoms with Gasteiger partial charge in [0.05, 0.1) is 30.2 Å². The lowest BCUT2D eigenvalue weighted by Gasteiger charge is -2.22. The van der Waals surface area contributed by atoms with Crippen molar-refractivity contribution in [3.63, 3.8) is 0 Å². The van der Waals surface area contributed by atoms with Crippen molar-refractivity contribution in [3.05, 3.63) is 59.7 Å². The van der Waals surface area contributed by atoms with E-state index in [2.05, 4.69) is 0 Å². The highest BCUT2D eigenvalue weighted by molar-refractivity contribution is 7.89. The minimum Gasteiger partial charge on any atom is -0.497 e. The van der Waals surface area contributed by atoms with Crippen molar-refractivity contribution >= 4 is 15.9 Å². The molecule has 152 valence electrons. The Morgan fingerprint density at radius 3 is 2.45 bits per heavy atom. The van der Waals surface area contributed by atoms with Crippen molar-refractivity contribution in [2.75, 3.05) is 33.8 Å². The summed E-state index contributed by atoms with van der Waals surface area (Å²) < 4.78 is 31.6. The van der Waals surface area contributed by atoms with Crippen molar-refractivity contribution in [1.29, 1.82) is 5.26 Å². The smallest absolute Gasteiger partial charge is 0.243 e. The Morgan fingerprint density at radius 1 is 1.21 bits per heavy atom. The summed E-state index contributed by atoms with van der Waals surface area (Å²) in [5.41, 5.74) is 1.52. The number of ether oxygens (including phenoxy) is 1. The summed E-state index contributed by atoms with van der Waals surface area (Å²) in [6.45, 7) is 0.938. The second-order valence-corrected chi connectivity index (χ2v) is 9.04. The second kappa shape index (κ2) is 8.64. The Bertz CT molecular complexity index is 1010. The lowest BCUT2D eigenvalue weighted by atomic mass is 9.98. The fourth-order valence-corrected chi connectivity index (χ4v) is 4.51. The van der Waals surface area contributed by atoms with Gasteiger partial charge in [0.1, 0.15) is 5.75 Å². The van der Waals surface area contributed by atoms with E-state index in [-0.39, 0.29) is 23.3 Å². The van der Waals surface area contributed by atoms with Crippen LogP contribution in [-0.2, 0) is 14.8 Å². The van der Waals surface area contributed by atoms with Crippen LogP contribution in [0, 0.1) is 11.3 Å². The summed E-state index contributed by atoms with van der Waals surface area (Å²) in [6.07, 6.45) is 0.837. The van der Waals surface area contributed by atoms with Crippen LogP contribution in [0.25, 0.3) is 0 Å². The van der Waals surface area contributed by atoms with Crippen LogP contribution in [0.2, 0.25) is 0 Å². The van der Waals surface area contributed by atoms with Crippen LogP contribution in [0.1, 0.15) is 23.5 Å². The first-order valence-electron chi connectivity index (χ1n) is 9.23. The number of likely N-dealkylation sites (N-methyl/N-ethyl adjacent to an activating group) is 1. The van der Waals surface area contributed by atoms with Crippen molar-refractivity contribution < 1.29 is 17.9 Å². The van der Waals surface area contributed by atoms with E-state index < -0.39 is 10.0 Å². The zero-order valence-electron chi connectivity index (χ0n) is 16.4. The molecule has 0 N–H and O–H groups in total. The first-order chi connectivity index (χ1) is 13.8. The number of nitriles is 1. The second-order valence-electron chi connectivity index (χ2n) is 7.00. The fraction of sp³-hybridized carbons (Fsp3) is 0.333. The molecule has 0 radical (unpaired) electrons. The summed E-state index contributed by atoms with van der Waals surface area (Å²) in [7, 11) is -0.790. The molecule has 0 saturated carbocycles. The van der Waals surface area contributed by atoms with E-state index in [1.54, 1.807) is 12.0 Å².